The van der Waals surface area contributed by atoms with Crippen LogP contribution in [0.5, 0.6) is 5.75 Å². The van der Waals surface area contributed by atoms with Crippen LogP contribution >= 0.6 is 0 Å². The van der Waals surface area contributed by atoms with E-state index in [9.17, 15) is 5.11 Å². The van der Waals surface area contributed by atoms with Gasteiger partial charge in [-0.1, -0.05) is 26.0 Å². The lowest BCUT2D eigenvalue weighted by atomic mass is 10.1. The normalized spacial score (nSPS) is 12.7. The number of nitrogens with one attached hydrogen (secondary N) is 1. The molecule has 3 N–H and O–H groups in total. The zero-order chi connectivity index (χ0) is 13.4. The molecule has 0 aliphatic rings. The fourth-order valence-electron chi connectivity index (χ4n) is 1.50. The predicted molar refractivity (Wildman–Crippen MR) is 71.9 cm³/mol. The van der Waals surface area contributed by atoms with Gasteiger partial charge in [-0.3, -0.25) is 0 Å². The number of rotatable bonds is 8. The van der Waals surface area contributed by atoms with Crippen molar-refractivity contribution in [3.63, 3.8) is 0 Å². The Morgan fingerprint density at radius 3 is 2.44 bits per heavy atom. The third-order valence-electron chi connectivity index (χ3n) is 2.53. The summed E-state index contributed by atoms with van der Waals surface area (Å²) in [4.78, 5) is 0. The number of hydrogen-bond donors (Lipinski definition) is 3. The van der Waals surface area contributed by atoms with E-state index in [1.54, 1.807) is 0 Å². The summed E-state index contributed by atoms with van der Waals surface area (Å²) in [6, 6.07) is 7.91. The van der Waals surface area contributed by atoms with Gasteiger partial charge in [0.15, 0.2) is 0 Å². The summed E-state index contributed by atoms with van der Waals surface area (Å²) in [6.07, 6.45) is 0.144. The second kappa shape index (κ2) is 8.08. The molecule has 0 radical (unpaired) electrons. The molecule has 0 fully saturated rings. The smallest absolute Gasteiger partial charge is 0.119 e. The van der Waals surface area contributed by atoms with Gasteiger partial charge in [0.1, 0.15) is 18.5 Å². The minimum Gasteiger partial charge on any atom is -0.491 e. The first-order chi connectivity index (χ1) is 8.61. The molecular formula is C14H23NO3. The van der Waals surface area contributed by atoms with Gasteiger partial charge in [0.25, 0.3) is 0 Å². The minimum absolute atomic E-state index is 0.153. The van der Waals surface area contributed by atoms with Crippen LogP contribution in [0.25, 0.3) is 0 Å². The van der Waals surface area contributed by atoms with Crippen molar-refractivity contribution in [3.8, 4) is 5.75 Å². The van der Waals surface area contributed by atoms with E-state index in [2.05, 4.69) is 5.32 Å². The highest BCUT2D eigenvalue weighted by Gasteiger charge is 2.05. The molecule has 0 amide bonds. The van der Waals surface area contributed by atoms with E-state index in [4.69, 9.17) is 9.84 Å². The molecule has 0 heterocycles. The molecule has 0 spiro atoms. The van der Waals surface area contributed by atoms with E-state index >= 15 is 0 Å². The molecule has 1 aromatic rings. The second-order valence-corrected chi connectivity index (χ2v) is 4.65. The molecule has 0 bridgehead atoms. The van der Waals surface area contributed by atoms with Crippen molar-refractivity contribution >= 4 is 0 Å². The van der Waals surface area contributed by atoms with Crippen LogP contribution < -0.4 is 10.1 Å². The maximum absolute atomic E-state index is 9.68. The Morgan fingerprint density at radius 1 is 1.22 bits per heavy atom. The van der Waals surface area contributed by atoms with Crippen molar-refractivity contribution in [2.24, 2.45) is 0 Å². The topological polar surface area (TPSA) is 61.7 Å². The molecule has 0 unspecified atom stereocenters. The fraction of sp³-hybridized carbons (Fsp3) is 0.571. The van der Waals surface area contributed by atoms with Crippen LogP contribution in [0.15, 0.2) is 24.3 Å². The summed E-state index contributed by atoms with van der Waals surface area (Å²) in [5, 5.41) is 21.6. The minimum atomic E-state index is -0.510. The van der Waals surface area contributed by atoms with Gasteiger partial charge in [0.05, 0.1) is 0 Å². The number of aliphatic hydroxyl groups excluding tert-OH is 2. The Labute approximate surface area is 109 Å². The van der Waals surface area contributed by atoms with Crippen molar-refractivity contribution in [1.29, 1.82) is 0 Å². The number of aliphatic hydroxyl groups is 2. The molecular weight excluding hydrogens is 230 g/mol. The lowest BCUT2D eigenvalue weighted by Crippen LogP contribution is -2.35. The molecule has 1 rings (SSSR count). The van der Waals surface area contributed by atoms with Crippen LogP contribution in [0.2, 0.25) is 0 Å². The second-order valence-electron chi connectivity index (χ2n) is 4.65. The highest BCUT2D eigenvalue weighted by Crippen LogP contribution is 2.12. The van der Waals surface area contributed by atoms with Crippen LogP contribution in [-0.2, 0) is 6.42 Å². The van der Waals surface area contributed by atoms with E-state index in [0.29, 0.717) is 19.0 Å². The molecule has 1 atom stereocenters. The van der Waals surface area contributed by atoms with Crippen LogP contribution in [-0.4, -0.2) is 42.1 Å². The van der Waals surface area contributed by atoms with Gasteiger partial charge in [0.2, 0.25) is 0 Å². The molecule has 0 saturated carbocycles. The first kappa shape index (κ1) is 15.0. The monoisotopic (exact) mass is 253 g/mol. The maximum atomic E-state index is 9.68. The lowest BCUT2D eigenvalue weighted by molar-refractivity contribution is 0.104. The molecule has 0 aliphatic carbocycles. The fourth-order valence-corrected chi connectivity index (χ4v) is 1.50. The van der Waals surface area contributed by atoms with E-state index in [1.165, 1.54) is 0 Å². The van der Waals surface area contributed by atoms with Crippen LogP contribution in [0, 0.1) is 0 Å². The third kappa shape index (κ3) is 6.00. The molecule has 4 nitrogen and oxygen atoms in total. The van der Waals surface area contributed by atoms with Gasteiger partial charge in [0, 0.05) is 19.2 Å². The average molecular weight is 253 g/mol. The van der Waals surface area contributed by atoms with Crippen molar-refractivity contribution in [2.45, 2.75) is 32.4 Å². The van der Waals surface area contributed by atoms with Gasteiger partial charge in [-0.2, -0.15) is 0 Å². The summed E-state index contributed by atoms with van der Waals surface area (Å²) >= 11 is 0. The van der Waals surface area contributed by atoms with E-state index in [1.807, 2.05) is 38.1 Å². The highest BCUT2D eigenvalue weighted by molar-refractivity contribution is 5.27. The Hall–Kier alpha value is -1.10. The average Bonchev–Trinajstić information content (AvgIpc) is 2.36. The molecule has 0 saturated heterocycles. The van der Waals surface area contributed by atoms with Crippen molar-refractivity contribution in [2.75, 3.05) is 19.8 Å². The van der Waals surface area contributed by atoms with Crippen LogP contribution in [0.4, 0.5) is 0 Å². The predicted octanol–water partition coefficient (Wildman–Crippen LogP) is 0.959. The first-order valence-corrected chi connectivity index (χ1v) is 6.36. The molecule has 18 heavy (non-hydrogen) atoms. The van der Waals surface area contributed by atoms with Crippen molar-refractivity contribution < 1.29 is 14.9 Å². The maximum Gasteiger partial charge on any atom is 0.119 e. The molecule has 102 valence electrons. The quantitative estimate of drug-likeness (QED) is 0.646. The summed E-state index contributed by atoms with van der Waals surface area (Å²) in [6.45, 7) is 5.03. The number of hydrogen-bond acceptors (Lipinski definition) is 4. The van der Waals surface area contributed by atoms with Crippen LogP contribution in [0.1, 0.15) is 19.4 Å². The summed E-state index contributed by atoms with van der Waals surface area (Å²) < 4.78 is 5.48. The standard InChI is InChI=1S/C14H23NO3/c1-11(2)15-9-13(17)10-18-14-5-3-12(4-6-14)7-8-16/h3-6,11,13,15-17H,7-10H2,1-2H3/t13-/m0/s1. The SMILES string of the molecule is CC(C)NC[C@H](O)COc1ccc(CCO)cc1. The van der Waals surface area contributed by atoms with E-state index < -0.39 is 6.10 Å². The van der Waals surface area contributed by atoms with Gasteiger partial charge in [-0.05, 0) is 24.1 Å². The molecule has 1 aromatic carbocycles. The Kier molecular flexibility index (Phi) is 6.72. The first-order valence-electron chi connectivity index (χ1n) is 6.36. The van der Waals surface area contributed by atoms with Gasteiger partial charge in [-0.15, -0.1) is 0 Å². The third-order valence-corrected chi connectivity index (χ3v) is 2.53. The van der Waals surface area contributed by atoms with Gasteiger partial charge >= 0.3 is 0 Å². The Bertz CT molecular complexity index is 324. The summed E-state index contributed by atoms with van der Waals surface area (Å²) in [7, 11) is 0. The Balaban J connectivity index is 2.29. The van der Waals surface area contributed by atoms with E-state index in [0.717, 1.165) is 11.3 Å². The largest absolute Gasteiger partial charge is 0.491 e. The summed E-state index contributed by atoms with van der Waals surface area (Å²) in [5.41, 5.74) is 1.08. The van der Waals surface area contributed by atoms with Gasteiger partial charge in [-0.25, -0.2) is 0 Å². The lowest BCUT2D eigenvalue weighted by Gasteiger charge is -2.15. The molecule has 4 heteroatoms. The number of benzene rings is 1. The Morgan fingerprint density at radius 2 is 1.89 bits per heavy atom. The highest BCUT2D eigenvalue weighted by atomic mass is 16.5. The molecule has 0 aromatic heterocycles. The van der Waals surface area contributed by atoms with Crippen molar-refractivity contribution in [1.82, 2.24) is 5.32 Å². The zero-order valence-corrected chi connectivity index (χ0v) is 11.1. The number of ether oxygens (including phenoxy) is 1. The van der Waals surface area contributed by atoms with Gasteiger partial charge < -0.3 is 20.3 Å². The zero-order valence-electron chi connectivity index (χ0n) is 11.1. The van der Waals surface area contributed by atoms with Crippen LogP contribution in [0.3, 0.4) is 0 Å². The molecule has 0 aliphatic heterocycles. The summed E-state index contributed by atoms with van der Waals surface area (Å²) in [5.74, 6) is 0.736. The van der Waals surface area contributed by atoms with Crippen molar-refractivity contribution in [3.05, 3.63) is 29.8 Å². The van der Waals surface area contributed by atoms with E-state index in [-0.39, 0.29) is 13.2 Å².